The third kappa shape index (κ3) is 5.78. The minimum absolute atomic E-state index is 0. The van der Waals surface area contributed by atoms with Gasteiger partial charge in [0.25, 0.3) is 5.56 Å². The summed E-state index contributed by atoms with van der Waals surface area (Å²) in [7, 11) is 1.94. The lowest BCUT2D eigenvalue weighted by Crippen LogP contribution is -2.50. The summed E-state index contributed by atoms with van der Waals surface area (Å²) in [5, 5.41) is 20.0. The topological polar surface area (TPSA) is 105 Å². The van der Waals surface area contributed by atoms with Crippen LogP contribution in [-0.2, 0) is 17.8 Å². The molecule has 0 spiro atoms. The van der Waals surface area contributed by atoms with Gasteiger partial charge in [-0.15, -0.1) is 12.4 Å². The van der Waals surface area contributed by atoms with E-state index in [0.29, 0.717) is 49.0 Å². The molecule has 232 valence electrons. The molecule has 9 nitrogen and oxygen atoms in total. The molecule has 4 aromatic rings. The second-order valence-electron chi connectivity index (χ2n) is 12.5. The van der Waals surface area contributed by atoms with Crippen LogP contribution in [0.2, 0.25) is 5.02 Å². The third-order valence-corrected chi connectivity index (χ3v) is 10.0. The van der Waals surface area contributed by atoms with Crippen LogP contribution in [0.15, 0.2) is 59.8 Å². The Labute approximate surface area is 267 Å². The molecule has 7 rings (SSSR count). The van der Waals surface area contributed by atoms with Gasteiger partial charge in [0, 0.05) is 36.1 Å². The zero-order valence-electron chi connectivity index (χ0n) is 24.8. The molecule has 0 radical (unpaired) electrons. The molecule has 2 aromatic heterocycles. The summed E-state index contributed by atoms with van der Waals surface area (Å²) in [6.45, 7) is 1.03. The van der Waals surface area contributed by atoms with Gasteiger partial charge in [-0.25, -0.2) is 9.50 Å². The molecular formula is C33H38Cl2N6O3. The highest BCUT2D eigenvalue weighted by molar-refractivity contribution is 6.32. The van der Waals surface area contributed by atoms with Crippen LogP contribution in [0.5, 0.6) is 0 Å². The fraction of sp³-hybridized carbons (Fsp3) is 0.455. The van der Waals surface area contributed by atoms with E-state index < -0.39 is 5.60 Å². The molecule has 2 atom stereocenters. The number of piperidine rings is 1. The van der Waals surface area contributed by atoms with Crippen molar-refractivity contribution >= 4 is 35.6 Å². The number of amides is 1. The first-order valence-electron chi connectivity index (χ1n) is 15.3. The summed E-state index contributed by atoms with van der Waals surface area (Å²) >= 11 is 6.69. The van der Waals surface area contributed by atoms with E-state index in [4.69, 9.17) is 11.6 Å². The van der Waals surface area contributed by atoms with Gasteiger partial charge in [0.2, 0.25) is 11.6 Å². The number of aryl methyl sites for hydroxylation is 1. The Hall–Kier alpha value is -3.24. The van der Waals surface area contributed by atoms with E-state index in [-0.39, 0.29) is 48.0 Å². The van der Waals surface area contributed by atoms with E-state index in [2.05, 4.69) is 33.6 Å². The van der Waals surface area contributed by atoms with Crippen molar-refractivity contribution in [2.45, 2.75) is 69.1 Å². The highest BCUT2D eigenvalue weighted by Gasteiger charge is 2.38. The Morgan fingerprint density at radius 2 is 1.91 bits per heavy atom. The van der Waals surface area contributed by atoms with Crippen LogP contribution in [0, 0.1) is 5.92 Å². The molecule has 11 heteroatoms. The summed E-state index contributed by atoms with van der Waals surface area (Å²) in [6.07, 6.45) is 8.71. The molecule has 3 aliphatic rings. The summed E-state index contributed by atoms with van der Waals surface area (Å²) in [5.41, 5.74) is 3.90. The van der Waals surface area contributed by atoms with E-state index in [1.54, 1.807) is 10.7 Å². The van der Waals surface area contributed by atoms with Crippen molar-refractivity contribution in [3.05, 3.63) is 87.1 Å². The normalized spacial score (nSPS) is 19.9. The number of aliphatic hydroxyl groups is 1. The van der Waals surface area contributed by atoms with Gasteiger partial charge in [-0.2, -0.15) is 5.10 Å². The van der Waals surface area contributed by atoms with Gasteiger partial charge in [0.05, 0.1) is 24.0 Å². The molecule has 0 bridgehead atoms. The van der Waals surface area contributed by atoms with Crippen molar-refractivity contribution in [1.82, 2.24) is 29.4 Å². The molecule has 2 fully saturated rings. The zero-order valence-corrected chi connectivity index (χ0v) is 26.4. The minimum atomic E-state index is -1.11. The Balaban J connectivity index is 0.00000343. The molecule has 1 saturated heterocycles. The summed E-state index contributed by atoms with van der Waals surface area (Å²) < 4.78 is 2.99. The second kappa shape index (κ2) is 12.3. The van der Waals surface area contributed by atoms with Crippen molar-refractivity contribution in [2.75, 3.05) is 20.1 Å². The number of rotatable bonds is 8. The largest absolute Gasteiger partial charge is 0.388 e. The lowest BCUT2D eigenvalue weighted by molar-refractivity contribution is -0.136. The first-order valence-corrected chi connectivity index (χ1v) is 15.7. The van der Waals surface area contributed by atoms with Gasteiger partial charge >= 0.3 is 0 Å². The monoisotopic (exact) mass is 636 g/mol. The summed E-state index contributed by atoms with van der Waals surface area (Å²) in [4.78, 5) is 33.0. The fourth-order valence-corrected chi connectivity index (χ4v) is 7.46. The Bertz CT molecular complexity index is 1730. The summed E-state index contributed by atoms with van der Waals surface area (Å²) in [6, 6.07) is 14.6. The van der Waals surface area contributed by atoms with Crippen LogP contribution in [0.1, 0.15) is 67.2 Å². The smallest absolute Gasteiger partial charge is 0.296 e. The number of benzene rings is 2. The molecule has 3 heterocycles. The quantitative estimate of drug-likeness (QED) is 0.289. The van der Waals surface area contributed by atoms with Crippen LogP contribution in [-0.4, -0.2) is 60.8 Å². The maximum Gasteiger partial charge on any atom is 0.296 e. The Morgan fingerprint density at radius 1 is 1.16 bits per heavy atom. The predicted molar refractivity (Wildman–Crippen MR) is 172 cm³/mol. The number of nitrogens with zero attached hydrogens (tertiary/aromatic N) is 5. The average molecular weight is 638 g/mol. The molecule has 2 aromatic carbocycles. The lowest BCUT2D eigenvalue weighted by atomic mass is 9.88. The van der Waals surface area contributed by atoms with E-state index in [9.17, 15) is 14.7 Å². The molecule has 1 amide bonds. The third-order valence-electron chi connectivity index (χ3n) is 9.73. The standard InChI is InChI=1S/C33H37ClN6O3.ClH/c1-35-27-10-9-23-15-24(16-26(34)30(23)27)28-18-36-31-32(42)39(20-37-40(28)31)19-33(43)11-13-38(14-12-33)29(41)17-25(22-7-8-22)21-5-3-2-4-6-21;/h2-6,15-16,18,20,22,25,27,35,43H,7-14,17,19H2,1H3;1H. The first kappa shape index (κ1) is 30.8. The number of aromatic nitrogens is 4. The molecule has 44 heavy (non-hydrogen) atoms. The zero-order chi connectivity index (χ0) is 29.7. The van der Waals surface area contributed by atoms with Crippen molar-refractivity contribution in [3.8, 4) is 11.3 Å². The van der Waals surface area contributed by atoms with Gasteiger partial charge < -0.3 is 15.3 Å². The predicted octanol–water partition coefficient (Wildman–Crippen LogP) is 4.78. The molecule has 1 saturated carbocycles. The Morgan fingerprint density at radius 3 is 2.61 bits per heavy atom. The SMILES string of the molecule is CNC1CCc2cc(-c3cnc4c(=O)n(CC5(O)CCN(C(=O)CC(c6ccccc6)C6CC6)CC5)cnn34)cc(Cl)c21.Cl. The Kier molecular flexibility index (Phi) is 8.58. The van der Waals surface area contributed by atoms with Crippen LogP contribution < -0.4 is 10.9 Å². The van der Waals surface area contributed by atoms with Crippen molar-refractivity contribution in [2.24, 2.45) is 5.92 Å². The van der Waals surface area contributed by atoms with Crippen molar-refractivity contribution in [3.63, 3.8) is 0 Å². The molecule has 2 N–H and O–H groups in total. The number of carbonyl (C=O) groups is 1. The number of hydrogen-bond donors (Lipinski definition) is 2. The first-order chi connectivity index (χ1) is 20.8. The highest BCUT2D eigenvalue weighted by Crippen LogP contribution is 2.45. The van der Waals surface area contributed by atoms with Gasteiger partial charge in [-0.1, -0.05) is 41.9 Å². The molecule has 1 aliphatic heterocycles. The van der Waals surface area contributed by atoms with E-state index in [1.807, 2.05) is 36.2 Å². The average Bonchev–Trinajstić information content (AvgIpc) is 3.61. The number of halogens is 2. The number of imidazole rings is 1. The van der Waals surface area contributed by atoms with Gasteiger partial charge in [-0.05, 0) is 86.2 Å². The van der Waals surface area contributed by atoms with Gasteiger partial charge in [-0.3, -0.25) is 14.2 Å². The van der Waals surface area contributed by atoms with E-state index in [0.717, 1.165) is 24.0 Å². The maximum atomic E-state index is 13.5. The summed E-state index contributed by atoms with van der Waals surface area (Å²) in [5.74, 6) is 0.973. The molecule has 2 unspecified atom stereocenters. The maximum absolute atomic E-state index is 13.5. The van der Waals surface area contributed by atoms with E-state index in [1.165, 1.54) is 34.9 Å². The molecular weight excluding hydrogens is 599 g/mol. The fourth-order valence-electron chi connectivity index (χ4n) is 7.09. The van der Waals surface area contributed by atoms with E-state index >= 15 is 0 Å². The number of hydrogen-bond acceptors (Lipinski definition) is 6. The van der Waals surface area contributed by atoms with Gasteiger partial charge in [0.1, 0.15) is 6.33 Å². The van der Waals surface area contributed by atoms with Crippen LogP contribution in [0.25, 0.3) is 16.9 Å². The van der Waals surface area contributed by atoms with Crippen molar-refractivity contribution in [1.29, 1.82) is 0 Å². The number of nitrogens with one attached hydrogen (secondary N) is 1. The number of carbonyl (C=O) groups excluding carboxylic acids is 1. The minimum Gasteiger partial charge on any atom is -0.388 e. The van der Waals surface area contributed by atoms with Crippen LogP contribution in [0.4, 0.5) is 0 Å². The molecule has 2 aliphatic carbocycles. The number of fused-ring (bicyclic) bond motifs is 2. The van der Waals surface area contributed by atoms with Crippen LogP contribution >= 0.6 is 24.0 Å². The van der Waals surface area contributed by atoms with Gasteiger partial charge in [0.15, 0.2) is 0 Å². The number of likely N-dealkylation sites (tertiary alicyclic amines) is 1. The van der Waals surface area contributed by atoms with Crippen molar-refractivity contribution < 1.29 is 9.90 Å². The second-order valence-corrected chi connectivity index (χ2v) is 12.9. The lowest BCUT2D eigenvalue weighted by Gasteiger charge is -2.38. The highest BCUT2D eigenvalue weighted by atomic mass is 35.5. The van der Waals surface area contributed by atoms with Crippen LogP contribution in [0.3, 0.4) is 0 Å².